The molecular weight excluding hydrogens is 294 g/mol. The van der Waals surface area contributed by atoms with Gasteiger partial charge in [0.05, 0.1) is 0 Å². The highest BCUT2D eigenvalue weighted by atomic mass is 35.5. The van der Waals surface area contributed by atoms with Gasteiger partial charge in [0.15, 0.2) is 0 Å². The lowest BCUT2D eigenvalue weighted by molar-refractivity contribution is -0.116. The van der Waals surface area contributed by atoms with E-state index in [1.165, 1.54) is 24.0 Å². The molecule has 1 N–H and O–H groups in total. The van der Waals surface area contributed by atoms with Crippen LogP contribution in [-0.2, 0) is 11.3 Å². The summed E-state index contributed by atoms with van der Waals surface area (Å²) in [6, 6.07) is 7.50. The zero-order valence-corrected chi connectivity index (χ0v) is 14.3. The third kappa shape index (κ3) is 4.48. The van der Waals surface area contributed by atoms with E-state index in [0.717, 1.165) is 12.0 Å². The number of rotatable bonds is 4. The lowest BCUT2D eigenvalue weighted by atomic mass is 9.72. The Bertz CT molecular complexity index is 596. The average Bonchev–Trinajstić information content (AvgIpc) is 2.45. The summed E-state index contributed by atoms with van der Waals surface area (Å²) in [4.78, 5) is 12.0. The van der Waals surface area contributed by atoms with Gasteiger partial charge in [-0.05, 0) is 54.9 Å². The summed E-state index contributed by atoms with van der Waals surface area (Å²) >= 11 is 5.85. The fourth-order valence-corrected chi connectivity index (χ4v) is 3.15. The molecule has 0 radical (unpaired) electrons. The number of carbonyl (C=O) groups excluding carboxylic acids is 1. The van der Waals surface area contributed by atoms with Gasteiger partial charge in [-0.1, -0.05) is 49.2 Å². The highest BCUT2D eigenvalue weighted by Gasteiger charge is 2.26. The van der Waals surface area contributed by atoms with Gasteiger partial charge < -0.3 is 5.32 Å². The Morgan fingerprint density at radius 3 is 2.64 bits per heavy atom. The monoisotopic (exact) mass is 317 g/mol. The van der Waals surface area contributed by atoms with Crippen LogP contribution in [0.4, 0.5) is 0 Å². The third-order valence-corrected chi connectivity index (χ3v) is 4.58. The summed E-state index contributed by atoms with van der Waals surface area (Å²) in [5, 5.41) is 3.61. The molecule has 22 heavy (non-hydrogen) atoms. The van der Waals surface area contributed by atoms with E-state index >= 15 is 0 Å². The minimum absolute atomic E-state index is 0.0587. The van der Waals surface area contributed by atoms with Crippen LogP contribution in [0.2, 0.25) is 5.02 Å². The molecule has 1 aliphatic rings. The smallest absolute Gasteiger partial charge is 0.244 e. The Labute approximate surface area is 138 Å². The highest BCUT2D eigenvalue weighted by molar-refractivity contribution is 6.30. The minimum atomic E-state index is -0.0587. The maximum absolute atomic E-state index is 12.0. The quantitative estimate of drug-likeness (QED) is 0.774. The first-order valence-electron chi connectivity index (χ1n) is 7.79. The van der Waals surface area contributed by atoms with Gasteiger partial charge in [-0.3, -0.25) is 4.79 Å². The van der Waals surface area contributed by atoms with E-state index in [1.807, 2.05) is 30.3 Å². The van der Waals surface area contributed by atoms with Crippen molar-refractivity contribution < 1.29 is 4.79 Å². The summed E-state index contributed by atoms with van der Waals surface area (Å²) in [7, 11) is 0. The van der Waals surface area contributed by atoms with Gasteiger partial charge in [-0.25, -0.2) is 0 Å². The van der Waals surface area contributed by atoms with Crippen LogP contribution in [0.1, 0.15) is 45.6 Å². The molecule has 3 heteroatoms. The standard InChI is InChI=1S/C19H24ClNO/c1-14-5-4-12-19(2,3)17(14)10-11-18(22)21-13-15-6-8-16(20)9-7-15/h6-11H,4-5,12-13H2,1-3H3,(H,21,22)/b11-10+. The molecule has 1 amide bonds. The molecular formula is C19H24ClNO. The Hall–Kier alpha value is -1.54. The average molecular weight is 318 g/mol. The first-order valence-corrected chi connectivity index (χ1v) is 8.17. The van der Waals surface area contributed by atoms with Crippen molar-refractivity contribution in [2.75, 3.05) is 0 Å². The Morgan fingerprint density at radius 1 is 1.32 bits per heavy atom. The zero-order valence-electron chi connectivity index (χ0n) is 13.6. The van der Waals surface area contributed by atoms with Crippen molar-refractivity contribution in [2.24, 2.45) is 5.41 Å². The molecule has 118 valence electrons. The van der Waals surface area contributed by atoms with Crippen molar-refractivity contribution in [3.8, 4) is 0 Å². The van der Waals surface area contributed by atoms with Gasteiger partial charge in [0, 0.05) is 17.6 Å². The van der Waals surface area contributed by atoms with Crippen LogP contribution in [0.15, 0.2) is 47.6 Å². The molecule has 2 nitrogen and oxygen atoms in total. The maximum Gasteiger partial charge on any atom is 0.244 e. The molecule has 0 fully saturated rings. The predicted molar refractivity (Wildman–Crippen MR) is 92.8 cm³/mol. The molecule has 1 aromatic rings. The molecule has 0 atom stereocenters. The van der Waals surface area contributed by atoms with Gasteiger partial charge >= 0.3 is 0 Å². The van der Waals surface area contributed by atoms with Crippen LogP contribution in [0, 0.1) is 5.41 Å². The Morgan fingerprint density at radius 2 is 2.00 bits per heavy atom. The highest BCUT2D eigenvalue weighted by Crippen LogP contribution is 2.40. The molecule has 0 bridgehead atoms. The largest absolute Gasteiger partial charge is 0.348 e. The second kappa shape index (κ2) is 7.15. The molecule has 2 rings (SSSR count). The van der Waals surface area contributed by atoms with Crippen LogP contribution in [0.3, 0.4) is 0 Å². The number of hydrogen-bond acceptors (Lipinski definition) is 1. The van der Waals surface area contributed by atoms with Crippen molar-refractivity contribution in [2.45, 2.75) is 46.6 Å². The summed E-state index contributed by atoms with van der Waals surface area (Å²) < 4.78 is 0. The summed E-state index contributed by atoms with van der Waals surface area (Å²) in [6.07, 6.45) is 7.19. The SMILES string of the molecule is CC1=C(/C=C/C(=O)NCc2ccc(Cl)cc2)C(C)(C)CCC1. The van der Waals surface area contributed by atoms with Crippen molar-refractivity contribution in [3.63, 3.8) is 0 Å². The number of hydrogen-bond donors (Lipinski definition) is 1. The molecule has 0 saturated carbocycles. The molecule has 1 aromatic carbocycles. The number of carbonyl (C=O) groups is 1. The van der Waals surface area contributed by atoms with Crippen LogP contribution in [-0.4, -0.2) is 5.91 Å². The van der Waals surface area contributed by atoms with Crippen molar-refractivity contribution in [1.82, 2.24) is 5.32 Å². The van der Waals surface area contributed by atoms with E-state index < -0.39 is 0 Å². The number of amides is 1. The zero-order chi connectivity index (χ0) is 16.2. The molecule has 0 unspecified atom stereocenters. The summed E-state index contributed by atoms with van der Waals surface area (Å²) in [6.45, 7) is 7.19. The summed E-state index contributed by atoms with van der Waals surface area (Å²) in [5.41, 5.74) is 3.91. The molecule has 0 aliphatic heterocycles. The second-order valence-electron chi connectivity index (χ2n) is 6.61. The predicted octanol–water partition coefficient (Wildman–Crippen LogP) is 5.04. The van der Waals surface area contributed by atoms with Gasteiger partial charge in [-0.15, -0.1) is 0 Å². The number of benzene rings is 1. The van der Waals surface area contributed by atoms with E-state index in [1.54, 1.807) is 6.08 Å². The van der Waals surface area contributed by atoms with Gasteiger partial charge in [0.1, 0.15) is 0 Å². The fourth-order valence-electron chi connectivity index (χ4n) is 3.02. The first-order chi connectivity index (χ1) is 10.4. The number of halogens is 1. The van der Waals surface area contributed by atoms with E-state index in [4.69, 9.17) is 11.6 Å². The van der Waals surface area contributed by atoms with Crippen molar-refractivity contribution in [3.05, 3.63) is 58.1 Å². The van der Waals surface area contributed by atoms with Crippen LogP contribution < -0.4 is 5.32 Å². The molecule has 0 heterocycles. The second-order valence-corrected chi connectivity index (χ2v) is 7.05. The number of allylic oxidation sites excluding steroid dienone is 3. The van der Waals surface area contributed by atoms with Gasteiger partial charge in [-0.2, -0.15) is 0 Å². The van der Waals surface area contributed by atoms with E-state index in [9.17, 15) is 4.79 Å². The Balaban J connectivity index is 1.95. The molecule has 1 aliphatic carbocycles. The lowest BCUT2D eigenvalue weighted by Crippen LogP contribution is -2.22. The number of nitrogens with one attached hydrogen (secondary N) is 1. The fraction of sp³-hybridized carbons (Fsp3) is 0.421. The van der Waals surface area contributed by atoms with Crippen LogP contribution >= 0.6 is 11.6 Å². The van der Waals surface area contributed by atoms with Crippen LogP contribution in [0.25, 0.3) is 0 Å². The third-order valence-electron chi connectivity index (χ3n) is 4.32. The van der Waals surface area contributed by atoms with E-state index in [-0.39, 0.29) is 11.3 Å². The van der Waals surface area contributed by atoms with Crippen molar-refractivity contribution in [1.29, 1.82) is 0 Å². The molecule has 0 spiro atoms. The van der Waals surface area contributed by atoms with Gasteiger partial charge in [0.25, 0.3) is 0 Å². The van der Waals surface area contributed by atoms with Gasteiger partial charge in [0.2, 0.25) is 5.91 Å². The van der Waals surface area contributed by atoms with E-state index in [0.29, 0.717) is 11.6 Å². The topological polar surface area (TPSA) is 29.1 Å². The van der Waals surface area contributed by atoms with Crippen LogP contribution in [0.5, 0.6) is 0 Å². The lowest BCUT2D eigenvalue weighted by Gasteiger charge is -2.32. The molecule has 0 saturated heterocycles. The molecule has 0 aromatic heterocycles. The first kappa shape index (κ1) is 16.8. The maximum atomic E-state index is 12.0. The van der Waals surface area contributed by atoms with Crippen molar-refractivity contribution >= 4 is 17.5 Å². The Kier molecular flexibility index (Phi) is 5.47. The normalized spacial score (nSPS) is 17.8. The summed E-state index contributed by atoms with van der Waals surface area (Å²) in [5.74, 6) is -0.0587. The minimum Gasteiger partial charge on any atom is -0.348 e. The van der Waals surface area contributed by atoms with E-state index in [2.05, 4.69) is 26.1 Å².